The zero-order valence-electron chi connectivity index (χ0n) is 11.8. The lowest BCUT2D eigenvalue weighted by Crippen LogP contribution is -2.26. The van der Waals surface area contributed by atoms with Crippen LogP contribution < -0.4 is 10.0 Å². The SMILES string of the molecule is CNCc1ccc(S(=O)(=O)NC(C)c2cccc(F)c2)o1. The van der Waals surface area contributed by atoms with E-state index in [0.29, 0.717) is 17.9 Å². The van der Waals surface area contributed by atoms with Gasteiger partial charge in [0, 0.05) is 6.04 Å². The second kappa shape index (κ2) is 6.38. The fourth-order valence-electron chi connectivity index (χ4n) is 1.91. The van der Waals surface area contributed by atoms with Crippen LogP contribution in [0.3, 0.4) is 0 Å². The minimum absolute atomic E-state index is 0.156. The molecule has 2 aromatic rings. The van der Waals surface area contributed by atoms with Crippen LogP contribution in [0.25, 0.3) is 0 Å². The first-order chi connectivity index (χ1) is 9.92. The van der Waals surface area contributed by atoms with Crippen molar-refractivity contribution < 1.29 is 17.2 Å². The normalized spacial score (nSPS) is 13.3. The second-order valence-electron chi connectivity index (χ2n) is 4.65. The fraction of sp³-hybridized carbons (Fsp3) is 0.286. The summed E-state index contributed by atoms with van der Waals surface area (Å²) in [5.41, 5.74) is 0.542. The molecular formula is C14H17FN2O3S. The second-order valence-corrected chi connectivity index (χ2v) is 6.29. The quantitative estimate of drug-likeness (QED) is 0.857. The Bertz CT molecular complexity index is 713. The van der Waals surface area contributed by atoms with Gasteiger partial charge in [-0.1, -0.05) is 12.1 Å². The molecule has 114 valence electrons. The van der Waals surface area contributed by atoms with Gasteiger partial charge in [-0.3, -0.25) is 0 Å². The van der Waals surface area contributed by atoms with Crippen LogP contribution in [-0.4, -0.2) is 15.5 Å². The average molecular weight is 312 g/mol. The predicted molar refractivity (Wildman–Crippen MR) is 76.6 cm³/mol. The highest BCUT2D eigenvalue weighted by atomic mass is 32.2. The van der Waals surface area contributed by atoms with E-state index in [1.165, 1.54) is 24.3 Å². The van der Waals surface area contributed by atoms with E-state index in [1.807, 2.05) is 0 Å². The Balaban J connectivity index is 2.16. The highest BCUT2D eigenvalue weighted by Crippen LogP contribution is 2.19. The molecule has 2 rings (SSSR count). The summed E-state index contributed by atoms with van der Waals surface area (Å²) in [4.78, 5) is 0. The summed E-state index contributed by atoms with van der Waals surface area (Å²) in [7, 11) is -2.05. The fourth-order valence-corrected chi connectivity index (χ4v) is 3.09. The van der Waals surface area contributed by atoms with Crippen molar-refractivity contribution in [1.82, 2.24) is 10.0 Å². The summed E-state index contributed by atoms with van der Waals surface area (Å²) >= 11 is 0. The topological polar surface area (TPSA) is 71.3 Å². The zero-order valence-corrected chi connectivity index (χ0v) is 12.6. The number of furan rings is 1. The number of sulfonamides is 1. The molecule has 0 spiro atoms. The van der Waals surface area contributed by atoms with Gasteiger partial charge in [0.1, 0.15) is 11.6 Å². The van der Waals surface area contributed by atoms with Gasteiger partial charge in [0.05, 0.1) is 6.54 Å². The first-order valence-electron chi connectivity index (χ1n) is 6.43. The molecule has 1 unspecified atom stereocenters. The minimum atomic E-state index is -3.78. The molecule has 1 aromatic carbocycles. The van der Waals surface area contributed by atoms with Crippen molar-refractivity contribution in [3.05, 3.63) is 53.5 Å². The van der Waals surface area contributed by atoms with Crippen molar-refractivity contribution in [2.45, 2.75) is 24.6 Å². The highest BCUT2D eigenvalue weighted by Gasteiger charge is 2.22. The van der Waals surface area contributed by atoms with Crippen molar-refractivity contribution in [2.24, 2.45) is 0 Å². The van der Waals surface area contributed by atoms with Crippen LogP contribution in [0.4, 0.5) is 4.39 Å². The molecule has 0 saturated heterocycles. The van der Waals surface area contributed by atoms with E-state index in [0.717, 1.165) is 0 Å². The van der Waals surface area contributed by atoms with Crippen LogP contribution in [0.5, 0.6) is 0 Å². The maximum atomic E-state index is 13.2. The average Bonchev–Trinajstić information content (AvgIpc) is 2.88. The molecule has 5 nitrogen and oxygen atoms in total. The molecule has 1 heterocycles. The Morgan fingerprint density at radius 1 is 1.29 bits per heavy atom. The third-order valence-electron chi connectivity index (χ3n) is 2.93. The van der Waals surface area contributed by atoms with Crippen LogP contribution in [-0.2, 0) is 16.6 Å². The number of hydrogen-bond donors (Lipinski definition) is 2. The molecule has 0 saturated carbocycles. The smallest absolute Gasteiger partial charge is 0.274 e. The van der Waals surface area contributed by atoms with E-state index >= 15 is 0 Å². The number of benzene rings is 1. The van der Waals surface area contributed by atoms with Crippen LogP contribution in [0.15, 0.2) is 45.9 Å². The minimum Gasteiger partial charge on any atom is -0.447 e. The Labute approximate surface area is 123 Å². The largest absolute Gasteiger partial charge is 0.447 e. The molecule has 1 aromatic heterocycles. The summed E-state index contributed by atoms with van der Waals surface area (Å²) in [6.07, 6.45) is 0. The van der Waals surface area contributed by atoms with Crippen molar-refractivity contribution in [1.29, 1.82) is 0 Å². The Kier molecular flexibility index (Phi) is 4.76. The van der Waals surface area contributed by atoms with Gasteiger partial charge in [-0.25, -0.2) is 17.5 Å². The van der Waals surface area contributed by atoms with E-state index in [2.05, 4.69) is 10.0 Å². The van der Waals surface area contributed by atoms with Gasteiger partial charge >= 0.3 is 0 Å². The van der Waals surface area contributed by atoms with Gasteiger partial charge in [0.2, 0.25) is 5.09 Å². The monoisotopic (exact) mass is 312 g/mol. The first kappa shape index (κ1) is 15.7. The van der Waals surface area contributed by atoms with E-state index in [-0.39, 0.29) is 5.09 Å². The van der Waals surface area contributed by atoms with Gasteiger partial charge in [-0.2, -0.15) is 0 Å². The molecule has 7 heteroatoms. The molecule has 21 heavy (non-hydrogen) atoms. The van der Waals surface area contributed by atoms with Gasteiger partial charge in [0.25, 0.3) is 10.0 Å². The van der Waals surface area contributed by atoms with Gasteiger partial charge in [-0.15, -0.1) is 0 Å². The third kappa shape index (κ3) is 3.90. The third-order valence-corrected chi connectivity index (χ3v) is 4.35. The summed E-state index contributed by atoms with van der Waals surface area (Å²) < 4.78 is 45.3. The lowest BCUT2D eigenvalue weighted by atomic mass is 10.1. The lowest BCUT2D eigenvalue weighted by molar-refractivity contribution is 0.403. The van der Waals surface area contributed by atoms with Crippen molar-refractivity contribution in [3.8, 4) is 0 Å². The van der Waals surface area contributed by atoms with Crippen LogP contribution in [0.1, 0.15) is 24.3 Å². The molecular weight excluding hydrogens is 295 g/mol. The van der Waals surface area contributed by atoms with Gasteiger partial charge in [-0.05, 0) is 43.8 Å². The van der Waals surface area contributed by atoms with Crippen LogP contribution in [0, 0.1) is 5.82 Å². The maximum Gasteiger partial charge on any atom is 0.274 e. The molecule has 0 amide bonds. The predicted octanol–water partition coefficient (Wildman–Crippen LogP) is 2.18. The Hall–Kier alpha value is -1.70. The molecule has 0 radical (unpaired) electrons. The number of rotatable bonds is 6. The summed E-state index contributed by atoms with van der Waals surface area (Å²) in [6.45, 7) is 2.08. The maximum absolute atomic E-state index is 13.2. The summed E-state index contributed by atoms with van der Waals surface area (Å²) in [5.74, 6) is 0.115. The molecule has 0 bridgehead atoms. The molecule has 0 aliphatic rings. The van der Waals surface area contributed by atoms with Gasteiger partial charge in [0.15, 0.2) is 0 Å². The van der Waals surface area contributed by atoms with Crippen LogP contribution in [0.2, 0.25) is 0 Å². The van der Waals surface area contributed by atoms with Crippen LogP contribution >= 0.6 is 0 Å². The molecule has 0 fully saturated rings. The van der Waals surface area contributed by atoms with Crippen molar-refractivity contribution in [3.63, 3.8) is 0 Å². The number of nitrogens with one attached hydrogen (secondary N) is 2. The van der Waals surface area contributed by atoms with E-state index in [4.69, 9.17) is 4.42 Å². The van der Waals surface area contributed by atoms with E-state index in [9.17, 15) is 12.8 Å². The van der Waals surface area contributed by atoms with Crippen molar-refractivity contribution in [2.75, 3.05) is 7.05 Å². The van der Waals surface area contributed by atoms with Crippen molar-refractivity contribution >= 4 is 10.0 Å². The van der Waals surface area contributed by atoms with Gasteiger partial charge < -0.3 is 9.73 Å². The lowest BCUT2D eigenvalue weighted by Gasteiger charge is -2.13. The van der Waals surface area contributed by atoms with E-state index in [1.54, 1.807) is 26.1 Å². The molecule has 0 aliphatic carbocycles. The highest BCUT2D eigenvalue weighted by molar-refractivity contribution is 7.89. The molecule has 0 aliphatic heterocycles. The summed E-state index contributed by atoms with van der Waals surface area (Å²) in [6, 6.07) is 8.22. The number of halogens is 1. The Morgan fingerprint density at radius 2 is 2.05 bits per heavy atom. The number of hydrogen-bond acceptors (Lipinski definition) is 4. The Morgan fingerprint density at radius 3 is 2.71 bits per heavy atom. The molecule has 1 atom stereocenters. The standard InChI is InChI=1S/C14H17FN2O3S/c1-10(11-4-3-5-12(15)8-11)17-21(18,19)14-7-6-13(20-14)9-16-2/h3-8,10,16-17H,9H2,1-2H3. The van der Waals surface area contributed by atoms with E-state index < -0.39 is 21.9 Å². The first-order valence-corrected chi connectivity index (χ1v) is 7.92. The molecule has 2 N–H and O–H groups in total. The zero-order chi connectivity index (χ0) is 15.5. The summed E-state index contributed by atoms with van der Waals surface area (Å²) in [5, 5.41) is 2.71.